The molecule has 0 spiro atoms. The van der Waals surface area contributed by atoms with Crippen LogP contribution in [0.1, 0.15) is 51.0 Å². The number of nitrogens with zero attached hydrogens (tertiary/aromatic N) is 4. The van der Waals surface area contributed by atoms with Crippen molar-refractivity contribution in [2.75, 3.05) is 13.2 Å². The molecule has 1 rings (SSSR count). The van der Waals surface area contributed by atoms with Crippen LogP contribution in [0.15, 0.2) is 29.6 Å². The average Bonchev–Trinajstić information content (AvgIpc) is 2.55. The van der Waals surface area contributed by atoms with E-state index in [-0.39, 0.29) is 5.97 Å². The summed E-state index contributed by atoms with van der Waals surface area (Å²) in [6.07, 6.45) is 9.95. The van der Waals surface area contributed by atoms with Gasteiger partial charge in [0, 0.05) is 30.3 Å². The van der Waals surface area contributed by atoms with Crippen molar-refractivity contribution >= 4 is 5.97 Å². The first-order valence-corrected chi connectivity index (χ1v) is 8.31. The van der Waals surface area contributed by atoms with Gasteiger partial charge in [-0.25, -0.2) is 0 Å². The summed E-state index contributed by atoms with van der Waals surface area (Å²) in [6, 6.07) is 4.02. The van der Waals surface area contributed by atoms with Crippen molar-refractivity contribution in [2.24, 2.45) is 11.0 Å². The molecule has 0 fully saturated rings. The van der Waals surface area contributed by atoms with E-state index < -0.39 is 0 Å². The fourth-order valence-electron chi connectivity index (χ4n) is 2.61. The van der Waals surface area contributed by atoms with E-state index in [4.69, 9.17) is 10.3 Å². The van der Waals surface area contributed by atoms with Gasteiger partial charge < -0.3 is 4.74 Å². The first-order chi connectivity index (χ1) is 11.3. The highest BCUT2D eigenvalue weighted by atomic mass is 16.5. The van der Waals surface area contributed by atoms with Crippen molar-refractivity contribution in [3.8, 4) is 0 Å². The lowest BCUT2D eigenvalue weighted by Crippen LogP contribution is -2.12. The molecule has 1 aromatic rings. The van der Waals surface area contributed by atoms with Crippen molar-refractivity contribution in [3.05, 3.63) is 40.5 Å². The molecule has 1 aromatic heterocycles. The van der Waals surface area contributed by atoms with E-state index in [0.717, 1.165) is 38.5 Å². The van der Waals surface area contributed by atoms with Gasteiger partial charge in [0.25, 0.3) is 0 Å². The molecule has 0 N–H and O–H groups in total. The van der Waals surface area contributed by atoms with Crippen LogP contribution in [0.3, 0.4) is 0 Å². The summed E-state index contributed by atoms with van der Waals surface area (Å²) in [4.78, 5) is 18.6. The van der Waals surface area contributed by atoms with E-state index in [1.165, 1.54) is 5.56 Å². The summed E-state index contributed by atoms with van der Waals surface area (Å²) in [6.45, 7) is 2.78. The number of rotatable bonds is 12. The van der Waals surface area contributed by atoms with Crippen molar-refractivity contribution < 1.29 is 9.53 Å². The molecule has 0 aliphatic rings. The number of hydrogen-bond acceptors (Lipinski definition) is 4. The molecule has 1 unspecified atom stereocenters. The van der Waals surface area contributed by atoms with Gasteiger partial charge in [-0.1, -0.05) is 17.6 Å². The quantitative estimate of drug-likeness (QED) is 0.187. The number of esters is 1. The van der Waals surface area contributed by atoms with Gasteiger partial charge in [0.2, 0.25) is 0 Å². The summed E-state index contributed by atoms with van der Waals surface area (Å²) in [5, 5.41) is 3.54. The maximum absolute atomic E-state index is 11.7. The highest BCUT2D eigenvalue weighted by Gasteiger charge is 2.14. The normalized spacial score (nSPS) is 11.5. The van der Waals surface area contributed by atoms with Gasteiger partial charge in [-0.05, 0) is 62.1 Å². The number of carbonyl (C=O) groups is 1. The molecular weight excluding hydrogens is 292 g/mol. The predicted octanol–water partition coefficient (Wildman–Crippen LogP) is 4.45. The largest absolute Gasteiger partial charge is 0.466 e. The maximum atomic E-state index is 11.7. The van der Waals surface area contributed by atoms with E-state index >= 15 is 0 Å². The van der Waals surface area contributed by atoms with E-state index in [9.17, 15) is 4.79 Å². The van der Waals surface area contributed by atoms with Crippen LogP contribution in [-0.4, -0.2) is 24.1 Å². The molecule has 1 atom stereocenters. The SMILES string of the molecule is CCOC(=O)CC(CCCCN=[N+]=[N-])CCCc1cccnc1. The van der Waals surface area contributed by atoms with E-state index in [1.54, 1.807) is 6.20 Å². The Kier molecular flexibility index (Phi) is 10.3. The second kappa shape index (κ2) is 12.5. The molecule has 23 heavy (non-hydrogen) atoms. The zero-order valence-corrected chi connectivity index (χ0v) is 13.9. The fourth-order valence-corrected chi connectivity index (χ4v) is 2.61. The van der Waals surface area contributed by atoms with Gasteiger partial charge in [0.1, 0.15) is 0 Å². The molecule has 6 heteroatoms. The maximum Gasteiger partial charge on any atom is 0.306 e. The van der Waals surface area contributed by atoms with Crippen molar-refractivity contribution in [2.45, 2.75) is 51.9 Å². The second-order valence-electron chi connectivity index (χ2n) is 5.58. The zero-order valence-electron chi connectivity index (χ0n) is 13.9. The third-order valence-corrected chi connectivity index (χ3v) is 3.75. The fraction of sp³-hybridized carbons (Fsp3) is 0.647. The molecule has 0 aromatic carbocycles. The minimum Gasteiger partial charge on any atom is -0.466 e. The van der Waals surface area contributed by atoms with Gasteiger partial charge in [0.15, 0.2) is 0 Å². The Morgan fingerprint density at radius 3 is 2.91 bits per heavy atom. The Balaban J connectivity index is 2.36. The Morgan fingerprint density at radius 2 is 2.22 bits per heavy atom. The van der Waals surface area contributed by atoms with Crippen LogP contribution in [0, 0.1) is 5.92 Å². The molecule has 0 radical (unpaired) electrons. The molecule has 0 bridgehead atoms. The minimum atomic E-state index is -0.117. The van der Waals surface area contributed by atoms with Crippen LogP contribution in [0.25, 0.3) is 10.4 Å². The number of carbonyl (C=O) groups excluding carboxylic acids is 1. The van der Waals surface area contributed by atoms with Crippen LogP contribution in [0.2, 0.25) is 0 Å². The lowest BCUT2D eigenvalue weighted by Gasteiger charge is -2.16. The summed E-state index contributed by atoms with van der Waals surface area (Å²) in [5.41, 5.74) is 9.50. The highest BCUT2D eigenvalue weighted by molar-refractivity contribution is 5.69. The van der Waals surface area contributed by atoms with Gasteiger partial charge in [0.05, 0.1) is 6.61 Å². The molecule has 1 heterocycles. The number of hydrogen-bond donors (Lipinski definition) is 0. The molecule has 0 saturated carbocycles. The number of ether oxygens (including phenoxy) is 1. The number of unbranched alkanes of at least 4 members (excludes halogenated alkanes) is 1. The van der Waals surface area contributed by atoms with Crippen LogP contribution in [-0.2, 0) is 16.0 Å². The summed E-state index contributed by atoms with van der Waals surface area (Å²) < 4.78 is 5.07. The first-order valence-electron chi connectivity index (χ1n) is 8.31. The summed E-state index contributed by atoms with van der Waals surface area (Å²) in [5.74, 6) is 0.214. The van der Waals surface area contributed by atoms with E-state index in [0.29, 0.717) is 25.5 Å². The van der Waals surface area contributed by atoms with E-state index in [2.05, 4.69) is 21.1 Å². The van der Waals surface area contributed by atoms with Crippen LogP contribution in [0.4, 0.5) is 0 Å². The van der Waals surface area contributed by atoms with Crippen molar-refractivity contribution in [3.63, 3.8) is 0 Å². The number of pyridine rings is 1. The van der Waals surface area contributed by atoms with Crippen molar-refractivity contribution in [1.82, 2.24) is 4.98 Å². The zero-order chi connectivity index (χ0) is 16.8. The standard InChI is InChI=1S/C17H26N4O2/c1-2-23-17(22)13-15(7-3-4-12-20-21-18)8-5-9-16-10-6-11-19-14-16/h6,10-11,14-15H,2-5,7-9,12-13H2,1H3. The van der Waals surface area contributed by atoms with Gasteiger partial charge in [-0.15, -0.1) is 0 Å². The Morgan fingerprint density at radius 1 is 1.39 bits per heavy atom. The smallest absolute Gasteiger partial charge is 0.306 e. The average molecular weight is 318 g/mol. The van der Waals surface area contributed by atoms with Crippen LogP contribution >= 0.6 is 0 Å². The molecular formula is C17H26N4O2. The van der Waals surface area contributed by atoms with Crippen LogP contribution < -0.4 is 0 Å². The molecule has 126 valence electrons. The van der Waals surface area contributed by atoms with Gasteiger partial charge >= 0.3 is 5.97 Å². The van der Waals surface area contributed by atoms with Gasteiger partial charge in [-0.3, -0.25) is 9.78 Å². The van der Waals surface area contributed by atoms with E-state index in [1.807, 2.05) is 19.2 Å². The lowest BCUT2D eigenvalue weighted by atomic mass is 9.92. The Labute approximate surface area is 137 Å². The lowest BCUT2D eigenvalue weighted by molar-refractivity contribution is -0.144. The van der Waals surface area contributed by atoms with Crippen LogP contribution in [0.5, 0.6) is 0 Å². The van der Waals surface area contributed by atoms with Gasteiger partial charge in [-0.2, -0.15) is 0 Å². The number of aromatic nitrogens is 1. The Hall–Kier alpha value is -2.07. The molecule has 0 aliphatic carbocycles. The number of azide groups is 1. The number of aryl methyl sites for hydroxylation is 1. The molecule has 0 amide bonds. The molecule has 0 saturated heterocycles. The molecule has 0 aliphatic heterocycles. The second-order valence-corrected chi connectivity index (χ2v) is 5.58. The highest BCUT2D eigenvalue weighted by Crippen LogP contribution is 2.21. The monoisotopic (exact) mass is 318 g/mol. The third kappa shape index (κ3) is 9.53. The summed E-state index contributed by atoms with van der Waals surface area (Å²) >= 11 is 0. The minimum absolute atomic E-state index is 0.117. The third-order valence-electron chi connectivity index (χ3n) is 3.75. The topological polar surface area (TPSA) is 88.0 Å². The first kappa shape index (κ1) is 19.0. The van der Waals surface area contributed by atoms with Crippen molar-refractivity contribution in [1.29, 1.82) is 0 Å². The Bertz CT molecular complexity index is 487. The molecule has 6 nitrogen and oxygen atoms in total. The predicted molar refractivity (Wildman–Crippen MR) is 89.8 cm³/mol. The summed E-state index contributed by atoms with van der Waals surface area (Å²) in [7, 11) is 0.